The van der Waals surface area contributed by atoms with Gasteiger partial charge in [0.05, 0.1) is 6.54 Å². The van der Waals surface area contributed by atoms with E-state index in [-0.39, 0.29) is 35.7 Å². The molecule has 2 atom stereocenters. The van der Waals surface area contributed by atoms with Crippen LogP contribution in [0.2, 0.25) is 0 Å². The lowest BCUT2D eigenvalue weighted by Crippen LogP contribution is -2.61. The molecule has 1 aliphatic carbocycles. The van der Waals surface area contributed by atoms with Gasteiger partial charge in [-0.05, 0) is 30.6 Å². The molecule has 2 rings (SSSR count). The number of hydrogen-bond donors (Lipinski definition) is 1. The first-order valence-electron chi connectivity index (χ1n) is 8.09. The standard InChI is InChI=1S/C16H28N2O2/c1-4-12(3)14-15(20)18(10-13(19)17-14)11-16(5-2)8-6-7-9-16/h12,14H,4-11H2,1-3H3,(H,17,19). The van der Waals surface area contributed by atoms with Crippen LogP contribution in [0.4, 0.5) is 0 Å². The van der Waals surface area contributed by atoms with Gasteiger partial charge in [-0.1, -0.05) is 40.0 Å². The zero-order valence-corrected chi connectivity index (χ0v) is 13.1. The van der Waals surface area contributed by atoms with Crippen LogP contribution in [0, 0.1) is 11.3 Å². The topological polar surface area (TPSA) is 49.4 Å². The molecular formula is C16H28N2O2. The van der Waals surface area contributed by atoms with Gasteiger partial charge in [-0.15, -0.1) is 0 Å². The molecule has 4 heteroatoms. The predicted octanol–water partition coefficient (Wildman–Crippen LogP) is 2.33. The van der Waals surface area contributed by atoms with E-state index in [9.17, 15) is 9.59 Å². The van der Waals surface area contributed by atoms with Gasteiger partial charge in [0.2, 0.25) is 11.8 Å². The zero-order valence-electron chi connectivity index (χ0n) is 13.1. The fraction of sp³-hybridized carbons (Fsp3) is 0.875. The Bertz CT molecular complexity index is 375. The van der Waals surface area contributed by atoms with Crippen molar-refractivity contribution < 1.29 is 9.59 Å². The van der Waals surface area contributed by atoms with E-state index in [4.69, 9.17) is 0 Å². The van der Waals surface area contributed by atoms with Gasteiger partial charge in [-0.25, -0.2) is 0 Å². The highest BCUT2D eigenvalue weighted by atomic mass is 16.2. The normalized spacial score (nSPS) is 27.6. The molecule has 2 fully saturated rings. The minimum absolute atomic E-state index is 0.000787. The maximum Gasteiger partial charge on any atom is 0.245 e. The number of carbonyl (C=O) groups is 2. The second-order valence-electron chi connectivity index (χ2n) is 6.69. The Kier molecular flexibility index (Phi) is 4.71. The van der Waals surface area contributed by atoms with Crippen molar-refractivity contribution in [1.82, 2.24) is 10.2 Å². The molecule has 20 heavy (non-hydrogen) atoms. The lowest BCUT2D eigenvalue weighted by molar-refractivity contribution is -0.147. The minimum atomic E-state index is -0.323. The maximum absolute atomic E-state index is 12.6. The molecule has 2 unspecified atom stereocenters. The van der Waals surface area contributed by atoms with Gasteiger partial charge in [-0.3, -0.25) is 9.59 Å². The highest BCUT2D eigenvalue weighted by Gasteiger charge is 2.40. The Labute approximate surface area is 122 Å². The number of hydrogen-bond acceptors (Lipinski definition) is 2. The molecule has 2 aliphatic rings. The summed E-state index contributed by atoms with van der Waals surface area (Å²) in [7, 11) is 0. The Balaban J connectivity index is 2.10. The zero-order chi connectivity index (χ0) is 14.8. The number of carbonyl (C=O) groups excluding carboxylic acids is 2. The van der Waals surface area contributed by atoms with Gasteiger partial charge in [0.15, 0.2) is 0 Å². The van der Waals surface area contributed by atoms with Crippen molar-refractivity contribution in [3.8, 4) is 0 Å². The first-order chi connectivity index (χ1) is 9.51. The van der Waals surface area contributed by atoms with E-state index in [1.165, 1.54) is 25.7 Å². The Hall–Kier alpha value is -1.06. The van der Waals surface area contributed by atoms with Crippen LogP contribution in [-0.4, -0.2) is 35.8 Å². The molecule has 0 aromatic carbocycles. The van der Waals surface area contributed by atoms with Crippen molar-refractivity contribution in [2.24, 2.45) is 11.3 Å². The second kappa shape index (κ2) is 6.15. The number of nitrogens with zero attached hydrogens (tertiary/aromatic N) is 1. The molecule has 0 aromatic heterocycles. The molecule has 1 saturated heterocycles. The van der Waals surface area contributed by atoms with Crippen molar-refractivity contribution in [1.29, 1.82) is 0 Å². The number of nitrogens with one attached hydrogen (secondary N) is 1. The highest BCUT2D eigenvalue weighted by Crippen LogP contribution is 2.41. The third kappa shape index (κ3) is 2.99. The first kappa shape index (κ1) is 15.3. The summed E-state index contributed by atoms with van der Waals surface area (Å²) >= 11 is 0. The summed E-state index contributed by atoms with van der Waals surface area (Å²) in [5.41, 5.74) is 0.257. The Morgan fingerprint density at radius 3 is 2.50 bits per heavy atom. The molecule has 0 radical (unpaired) electrons. The monoisotopic (exact) mass is 280 g/mol. The quantitative estimate of drug-likeness (QED) is 0.840. The average molecular weight is 280 g/mol. The molecule has 4 nitrogen and oxygen atoms in total. The number of piperazine rings is 1. The van der Waals surface area contributed by atoms with Gasteiger partial charge in [-0.2, -0.15) is 0 Å². The molecule has 0 bridgehead atoms. The smallest absolute Gasteiger partial charge is 0.245 e. The van der Waals surface area contributed by atoms with Crippen LogP contribution < -0.4 is 5.32 Å². The van der Waals surface area contributed by atoms with Crippen LogP contribution in [0.5, 0.6) is 0 Å². The third-order valence-corrected chi connectivity index (χ3v) is 5.38. The van der Waals surface area contributed by atoms with Crippen LogP contribution >= 0.6 is 0 Å². The van der Waals surface area contributed by atoms with Crippen LogP contribution in [-0.2, 0) is 9.59 Å². The molecular weight excluding hydrogens is 252 g/mol. The van der Waals surface area contributed by atoms with Crippen LogP contribution in [0.15, 0.2) is 0 Å². The van der Waals surface area contributed by atoms with E-state index >= 15 is 0 Å². The summed E-state index contributed by atoms with van der Waals surface area (Å²) in [4.78, 5) is 26.4. The van der Waals surface area contributed by atoms with E-state index in [1.807, 2.05) is 11.8 Å². The molecule has 114 valence electrons. The summed E-state index contributed by atoms with van der Waals surface area (Å²) in [6.45, 7) is 7.33. The Morgan fingerprint density at radius 1 is 1.30 bits per heavy atom. The molecule has 2 amide bonds. The molecule has 0 aromatic rings. The molecule has 1 saturated carbocycles. The van der Waals surface area contributed by atoms with Gasteiger partial charge < -0.3 is 10.2 Å². The fourth-order valence-electron chi connectivity index (χ4n) is 3.64. The molecule has 1 heterocycles. The van der Waals surface area contributed by atoms with Crippen molar-refractivity contribution in [2.75, 3.05) is 13.1 Å². The molecule has 0 spiro atoms. The van der Waals surface area contributed by atoms with Crippen LogP contribution in [0.1, 0.15) is 59.3 Å². The minimum Gasteiger partial charge on any atom is -0.342 e. The summed E-state index contributed by atoms with van der Waals surface area (Å²) < 4.78 is 0. The molecule has 1 N–H and O–H groups in total. The van der Waals surface area contributed by atoms with E-state index in [0.29, 0.717) is 0 Å². The van der Waals surface area contributed by atoms with Crippen molar-refractivity contribution in [3.05, 3.63) is 0 Å². The second-order valence-corrected chi connectivity index (χ2v) is 6.69. The SMILES string of the molecule is CCC(C)C1NC(=O)CN(CC2(CC)CCCC2)C1=O. The van der Waals surface area contributed by atoms with Gasteiger partial charge in [0.25, 0.3) is 0 Å². The summed E-state index contributed by atoms with van der Waals surface area (Å²) in [5.74, 6) is 0.327. The summed E-state index contributed by atoms with van der Waals surface area (Å²) in [6.07, 6.45) is 6.93. The van der Waals surface area contributed by atoms with E-state index in [0.717, 1.165) is 19.4 Å². The van der Waals surface area contributed by atoms with Gasteiger partial charge >= 0.3 is 0 Å². The largest absolute Gasteiger partial charge is 0.342 e. The van der Waals surface area contributed by atoms with E-state index in [2.05, 4.69) is 19.2 Å². The predicted molar refractivity (Wildman–Crippen MR) is 79.2 cm³/mol. The number of amides is 2. The Morgan fingerprint density at radius 2 is 1.95 bits per heavy atom. The van der Waals surface area contributed by atoms with E-state index in [1.54, 1.807) is 0 Å². The number of rotatable bonds is 5. The summed E-state index contributed by atoms with van der Waals surface area (Å²) in [6, 6.07) is -0.323. The fourth-order valence-corrected chi connectivity index (χ4v) is 3.64. The van der Waals surface area contributed by atoms with Crippen LogP contribution in [0.25, 0.3) is 0 Å². The highest BCUT2D eigenvalue weighted by molar-refractivity contribution is 5.95. The lowest BCUT2D eigenvalue weighted by Gasteiger charge is -2.40. The maximum atomic E-state index is 12.6. The average Bonchev–Trinajstić information content (AvgIpc) is 2.90. The molecule has 1 aliphatic heterocycles. The third-order valence-electron chi connectivity index (χ3n) is 5.38. The van der Waals surface area contributed by atoms with Crippen molar-refractivity contribution in [2.45, 2.75) is 65.3 Å². The van der Waals surface area contributed by atoms with Gasteiger partial charge in [0.1, 0.15) is 6.04 Å². The van der Waals surface area contributed by atoms with Crippen LogP contribution in [0.3, 0.4) is 0 Å². The first-order valence-corrected chi connectivity index (χ1v) is 8.09. The van der Waals surface area contributed by atoms with E-state index < -0.39 is 0 Å². The summed E-state index contributed by atoms with van der Waals surface area (Å²) in [5, 5.41) is 2.87. The van der Waals surface area contributed by atoms with Crippen molar-refractivity contribution in [3.63, 3.8) is 0 Å². The lowest BCUT2D eigenvalue weighted by atomic mass is 9.82. The van der Waals surface area contributed by atoms with Crippen molar-refractivity contribution >= 4 is 11.8 Å². The van der Waals surface area contributed by atoms with Gasteiger partial charge in [0, 0.05) is 6.54 Å².